The van der Waals surface area contributed by atoms with E-state index in [2.05, 4.69) is 23.9 Å². The summed E-state index contributed by atoms with van der Waals surface area (Å²) < 4.78 is 26.8. The van der Waals surface area contributed by atoms with E-state index in [1.54, 1.807) is 12.1 Å². The van der Waals surface area contributed by atoms with Crippen LogP contribution in [0.1, 0.15) is 39.2 Å². The second-order valence-electron chi connectivity index (χ2n) is 5.19. The summed E-state index contributed by atoms with van der Waals surface area (Å²) in [5.41, 5.74) is 1.10. The van der Waals surface area contributed by atoms with E-state index in [1.807, 2.05) is 19.1 Å². The van der Waals surface area contributed by atoms with Crippen LogP contribution in [0.25, 0.3) is 0 Å². The van der Waals surface area contributed by atoms with Crippen molar-refractivity contribution in [3.05, 3.63) is 29.8 Å². The Morgan fingerprint density at radius 2 is 1.80 bits per heavy atom. The molecular weight excluding hydrogens is 272 g/mol. The lowest BCUT2D eigenvalue weighted by Gasteiger charge is -2.11. The van der Waals surface area contributed by atoms with Gasteiger partial charge in [-0.05, 0) is 36.6 Å². The molecule has 0 saturated carbocycles. The molecule has 1 aromatic carbocycles. The molecular formula is C15H26N2O2S. The molecule has 0 aromatic heterocycles. The van der Waals surface area contributed by atoms with Gasteiger partial charge in [-0.3, -0.25) is 0 Å². The summed E-state index contributed by atoms with van der Waals surface area (Å²) in [5, 5.41) is 3.29. The van der Waals surface area contributed by atoms with Gasteiger partial charge in [0.2, 0.25) is 10.0 Å². The predicted octanol–water partition coefficient (Wildman–Crippen LogP) is 2.51. The molecule has 114 valence electrons. The van der Waals surface area contributed by atoms with E-state index in [0.29, 0.717) is 17.4 Å². The van der Waals surface area contributed by atoms with Gasteiger partial charge in [-0.25, -0.2) is 13.1 Å². The van der Waals surface area contributed by atoms with Gasteiger partial charge in [0.1, 0.15) is 0 Å². The average molecular weight is 298 g/mol. The summed E-state index contributed by atoms with van der Waals surface area (Å²) in [6.45, 7) is 8.43. The number of rotatable bonds is 9. The Kier molecular flexibility index (Phi) is 7.19. The van der Waals surface area contributed by atoms with Crippen molar-refractivity contribution in [3.63, 3.8) is 0 Å². The van der Waals surface area contributed by atoms with Gasteiger partial charge < -0.3 is 5.32 Å². The topological polar surface area (TPSA) is 58.2 Å². The van der Waals surface area contributed by atoms with Crippen LogP contribution in [0.2, 0.25) is 0 Å². The molecule has 2 N–H and O–H groups in total. The number of benzene rings is 1. The monoisotopic (exact) mass is 298 g/mol. The minimum Gasteiger partial charge on any atom is -0.313 e. The zero-order valence-corrected chi connectivity index (χ0v) is 13.5. The van der Waals surface area contributed by atoms with E-state index >= 15 is 0 Å². The van der Waals surface area contributed by atoms with E-state index in [9.17, 15) is 8.42 Å². The summed E-state index contributed by atoms with van der Waals surface area (Å²) in [7, 11) is -3.38. The number of sulfonamides is 1. The molecule has 1 aromatic rings. The molecule has 4 nitrogen and oxygen atoms in total. The minimum atomic E-state index is -3.38. The first-order chi connectivity index (χ1) is 9.49. The molecule has 0 bridgehead atoms. The van der Waals surface area contributed by atoms with Crippen molar-refractivity contribution in [1.29, 1.82) is 0 Å². The third-order valence-electron chi connectivity index (χ3n) is 3.31. The molecule has 0 heterocycles. The van der Waals surface area contributed by atoms with Gasteiger partial charge in [-0.2, -0.15) is 0 Å². The van der Waals surface area contributed by atoms with Gasteiger partial charge in [0.05, 0.1) is 4.90 Å². The fraction of sp³-hybridized carbons (Fsp3) is 0.600. The lowest BCUT2D eigenvalue weighted by Crippen LogP contribution is -2.28. The maximum atomic E-state index is 12.1. The zero-order chi connectivity index (χ0) is 15.0. The summed E-state index contributed by atoms with van der Waals surface area (Å²) in [6.07, 6.45) is 2.05. The first-order valence-corrected chi connectivity index (χ1v) is 8.77. The quantitative estimate of drug-likeness (QED) is 0.689. The first kappa shape index (κ1) is 17.1. The molecule has 20 heavy (non-hydrogen) atoms. The van der Waals surface area contributed by atoms with Crippen molar-refractivity contribution < 1.29 is 8.42 Å². The van der Waals surface area contributed by atoms with Gasteiger partial charge in [0.25, 0.3) is 0 Å². The van der Waals surface area contributed by atoms with Gasteiger partial charge in [-0.15, -0.1) is 0 Å². The summed E-state index contributed by atoms with van der Waals surface area (Å²) in [4.78, 5) is 0.333. The van der Waals surface area contributed by atoms with Crippen molar-refractivity contribution in [2.45, 2.75) is 45.1 Å². The van der Waals surface area contributed by atoms with Crippen LogP contribution in [-0.2, 0) is 16.6 Å². The Balaban J connectivity index is 2.62. The Hall–Kier alpha value is -0.910. The molecule has 0 aliphatic rings. The van der Waals surface area contributed by atoms with Crippen LogP contribution in [0, 0.1) is 5.92 Å². The predicted molar refractivity (Wildman–Crippen MR) is 83.1 cm³/mol. The lowest BCUT2D eigenvalue weighted by atomic mass is 10.1. The van der Waals surface area contributed by atoms with E-state index in [1.165, 1.54) is 0 Å². The van der Waals surface area contributed by atoms with Crippen molar-refractivity contribution in [3.8, 4) is 0 Å². The van der Waals surface area contributed by atoms with Crippen LogP contribution in [0.4, 0.5) is 0 Å². The van der Waals surface area contributed by atoms with Gasteiger partial charge in [0, 0.05) is 13.1 Å². The number of hydrogen-bond donors (Lipinski definition) is 2. The molecule has 1 rings (SSSR count). The summed E-state index contributed by atoms with van der Waals surface area (Å²) >= 11 is 0. The van der Waals surface area contributed by atoms with Crippen molar-refractivity contribution in [2.75, 3.05) is 13.1 Å². The van der Waals surface area contributed by atoms with E-state index in [4.69, 9.17) is 0 Å². The molecule has 1 unspecified atom stereocenters. The Bertz CT molecular complexity index is 483. The van der Waals surface area contributed by atoms with Gasteiger partial charge in [0.15, 0.2) is 0 Å². The summed E-state index contributed by atoms with van der Waals surface area (Å²) in [6, 6.07) is 7.06. The third kappa shape index (κ3) is 5.61. The Morgan fingerprint density at radius 3 is 2.35 bits per heavy atom. The first-order valence-electron chi connectivity index (χ1n) is 7.29. The highest BCUT2D eigenvalue weighted by molar-refractivity contribution is 7.89. The van der Waals surface area contributed by atoms with Crippen LogP contribution < -0.4 is 10.0 Å². The minimum absolute atomic E-state index is 0.333. The molecule has 0 spiro atoms. The average Bonchev–Trinajstić information content (AvgIpc) is 2.45. The Labute approximate surface area is 123 Å². The van der Waals surface area contributed by atoms with Crippen molar-refractivity contribution in [1.82, 2.24) is 10.0 Å². The highest BCUT2D eigenvalue weighted by Crippen LogP contribution is 2.11. The van der Waals surface area contributed by atoms with E-state index in [-0.39, 0.29) is 0 Å². The molecule has 1 atom stereocenters. The van der Waals surface area contributed by atoms with Crippen LogP contribution in [0.15, 0.2) is 29.2 Å². The Morgan fingerprint density at radius 1 is 1.15 bits per heavy atom. The third-order valence-corrected chi connectivity index (χ3v) is 4.75. The molecule has 0 saturated heterocycles. The molecule has 0 aliphatic heterocycles. The molecule has 0 fully saturated rings. The fourth-order valence-corrected chi connectivity index (χ4v) is 2.84. The number of hydrogen-bond acceptors (Lipinski definition) is 3. The van der Waals surface area contributed by atoms with Crippen LogP contribution in [0.3, 0.4) is 0 Å². The van der Waals surface area contributed by atoms with Crippen molar-refractivity contribution >= 4 is 10.0 Å². The number of nitrogens with one attached hydrogen (secondary N) is 2. The highest BCUT2D eigenvalue weighted by Gasteiger charge is 2.14. The van der Waals surface area contributed by atoms with Crippen LogP contribution >= 0.6 is 0 Å². The second kappa shape index (κ2) is 8.39. The van der Waals surface area contributed by atoms with Gasteiger partial charge >= 0.3 is 0 Å². The van der Waals surface area contributed by atoms with E-state index in [0.717, 1.165) is 31.5 Å². The van der Waals surface area contributed by atoms with E-state index < -0.39 is 10.0 Å². The van der Waals surface area contributed by atoms with Crippen molar-refractivity contribution in [2.24, 2.45) is 5.92 Å². The highest BCUT2D eigenvalue weighted by atomic mass is 32.2. The molecule has 0 aliphatic carbocycles. The maximum absolute atomic E-state index is 12.1. The van der Waals surface area contributed by atoms with Crippen LogP contribution in [0.5, 0.6) is 0 Å². The second-order valence-corrected chi connectivity index (χ2v) is 6.95. The molecule has 0 amide bonds. The van der Waals surface area contributed by atoms with Crippen LogP contribution in [-0.4, -0.2) is 21.5 Å². The normalized spacial score (nSPS) is 13.3. The smallest absolute Gasteiger partial charge is 0.240 e. The lowest BCUT2D eigenvalue weighted by molar-refractivity contribution is 0.528. The standard InChI is InChI=1S/C15H26N2O2S/c1-4-10-16-12-14-6-8-15(9-7-14)20(18,19)17-11-13(3)5-2/h6-9,13,16-17H,4-5,10-12H2,1-3H3. The summed E-state index contributed by atoms with van der Waals surface area (Å²) in [5.74, 6) is 0.349. The molecule has 5 heteroatoms. The largest absolute Gasteiger partial charge is 0.313 e. The maximum Gasteiger partial charge on any atom is 0.240 e. The fourth-order valence-electron chi connectivity index (χ4n) is 1.68. The molecule has 0 radical (unpaired) electrons. The van der Waals surface area contributed by atoms with Gasteiger partial charge in [-0.1, -0.05) is 39.3 Å². The SMILES string of the molecule is CCCNCc1ccc(S(=O)(=O)NCC(C)CC)cc1. The zero-order valence-electron chi connectivity index (χ0n) is 12.6.